The average molecular weight is 309 g/mol. The highest BCUT2D eigenvalue weighted by atomic mass is 16.2. The second kappa shape index (κ2) is 7.01. The number of nitrogens with zero attached hydrogens (tertiary/aromatic N) is 1. The Balaban J connectivity index is 0.000000924. The fourth-order valence-corrected chi connectivity index (χ4v) is 2.45. The molecule has 1 aliphatic rings. The van der Waals surface area contributed by atoms with Gasteiger partial charge in [-0.2, -0.15) is 0 Å². The molecule has 23 heavy (non-hydrogen) atoms. The number of ketones is 1. The van der Waals surface area contributed by atoms with Crippen LogP contribution in [0.5, 0.6) is 0 Å². The van der Waals surface area contributed by atoms with Crippen LogP contribution in [0, 0.1) is 0 Å². The number of imide groups is 1. The molecule has 2 aromatic rings. The van der Waals surface area contributed by atoms with Crippen LogP contribution in [0.1, 0.15) is 57.4 Å². The van der Waals surface area contributed by atoms with Crippen molar-refractivity contribution in [2.45, 2.75) is 27.3 Å². The maximum absolute atomic E-state index is 12.3. The van der Waals surface area contributed by atoms with Gasteiger partial charge in [-0.1, -0.05) is 44.2 Å². The third kappa shape index (κ3) is 3.21. The van der Waals surface area contributed by atoms with E-state index in [1.165, 1.54) is 11.8 Å². The van der Waals surface area contributed by atoms with Gasteiger partial charge >= 0.3 is 0 Å². The zero-order valence-electron chi connectivity index (χ0n) is 13.5. The van der Waals surface area contributed by atoms with E-state index in [0.29, 0.717) is 16.7 Å². The number of amides is 2. The molecule has 2 amide bonds. The predicted octanol–water partition coefficient (Wildman–Crippen LogP) is 3.71. The molecule has 4 heteroatoms. The summed E-state index contributed by atoms with van der Waals surface area (Å²) in [4.78, 5) is 37.1. The highest BCUT2D eigenvalue weighted by Gasteiger charge is 2.34. The number of fused-ring (bicyclic) bond motifs is 1. The van der Waals surface area contributed by atoms with Gasteiger partial charge in [-0.15, -0.1) is 0 Å². The first-order valence-corrected chi connectivity index (χ1v) is 7.63. The molecule has 0 bridgehead atoms. The number of benzene rings is 2. The van der Waals surface area contributed by atoms with Gasteiger partial charge in [0.15, 0.2) is 5.78 Å². The lowest BCUT2D eigenvalue weighted by Gasteiger charge is -2.14. The molecule has 1 heterocycles. The van der Waals surface area contributed by atoms with Crippen LogP contribution in [-0.4, -0.2) is 22.5 Å². The van der Waals surface area contributed by atoms with Crippen LogP contribution in [0.2, 0.25) is 0 Å². The SMILES string of the molecule is CC.CC(=O)c1cccc(CN2C(=O)c3ccccc3C2=O)c1. The van der Waals surface area contributed by atoms with Crippen molar-refractivity contribution in [1.82, 2.24) is 4.90 Å². The molecule has 0 spiro atoms. The van der Waals surface area contributed by atoms with Crippen molar-refractivity contribution < 1.29 is 14.4 Å². The molecule has 0 atom stereocenters. The number of Topliss-reactive ketones (excluding diaryl/α,β-unsaturated/α-hetero) is 1. The smallest absolute Gasteiger partial charge is 0.261 e. The van der Waals surface area contributed by atoms with Crippen LogP contribution in [0.25, 0.3) is 0 Å². The summed E-state index contributed by atoms with van der Waals surface area (Å²) in [5.41, 5.74) is 2.21. The van der Waals surface area contributed by atoms with Gasteiger partial charge in [0.05, 0.1) is 17.7 Å². The van der Waals surface area contributed by atoms with E-state index < -0.39 is 0 Å². The first-order chi connectivity index (χ1) is 11.1. The number of carbonyl (C=O) groups is 3. The van der Waals surface area contributed by atoms with E-state index in [9.17, 15) is 14.4 Å². The summed E-state index contributed by atoms with van der Waals surface area (Å²) in [6, 6.07) is 13.8. The molecular formula is C19H19NO3. The summed E-state index contributed by atoms with van der Waals surface area (Å²) in [5.74, 6) is -0.619. The third-order valence-electron chi connectivity index (χ3n) is 3.55. The van der Waals surface area contributed by atoms with Crippen LogP contribution in [-0.2, 0) is 6.54 Å². The van der Waals surface area contributed by atoms with E-state index in [-0.39, 0.29) is 24.1 Å². The molecule has 4 nitrogen and oxygen atoms in total. The van der Waals surface area contributed by atoms with Crippen molar-refractivity contribution in [2.24, 2.45) is 0 Å². The summed E-state index contributed by atoms with van der Waals surface area (Å²) in [6.45, 7) is 5.66. The van der Waals surface area contributed by atoms with Crippen molar-refractivity contribution in [1.29, 1.82) is 0 Å². The average Bonchev–Trinajstić information content (AvgIpc) is 2.82. The number of hydrogen-bond acceptors (Lipinski definition) is 3. The molecule has 0 N–H and O–H groups in total. The third-order valence-corrected chi connectivity index (χ3v) is 3.55. The maximum Gasteiger partial charge on any atom is 0.261 e. The van der Waals surface area contributed by atoms with E-state index in [1.54, 1.807) is 48.5 Å². The van der Waals surface area contributed by atoms with E-state index in [2.05, 4.69) is 0 Å². The first kappa shape index (κ1) is 16.6. The van der Waals surface area contributed by atoms with Gasteiger partial charge in [0, 0.05) is 5.56 Å². The van der Waals surface area contributed by atoms with Gasteiger partial charge in [0.2, 0.25) is 0 Å². The maximum atomic E-state index is 12.3. The Morgan fingerprint density at radius 2 is 1.48 bits per heavy atom. The van der Waals surface area contributed by atoms with Crippen molar-refractivity contribution in [3.8, 4) is 0 Å². The predicted molar refractivity (Wildman–Crippen MR) is 88.4 cm³/mol. The van der Waals surface area contributed by atoms with E-state index in [0.717, 1.165) is 5.56 Å². The second-order valence-electron chi connectivity index (χ2n) is 5.00. The zero-order valence-corrected chi connectivity index (χ0v) is 13.5. The van der Waals surface area contributed by atoms with Crippen LogP contribution < -0.4 is 0 Å². The molecule has 0 aliphatic carbocycles. The van der Waals surface area contributed by atoms with Crippen molar-refractivity contribution in [2.75, 3.05) is 0 Å². The van der Waals surface area contributed by atoms with E-state index in [4.69, 9.17) is 0 Å². The standard InChI is InChI=1S/C17H13NO3.C2H6/c1-11(19)13-6-4-5-12(9-13)10-18-16(20)14-7-2-3-8-15(14)17(18)21;1-2/h2-9H,10H2,1H3;1-2H3. The van der Waals surface area contributed by atoms with Gasteiger partial charge in [-0.3, -0.25) is 19.3 Å². The van der Waals surface area contributed by atoms with Crippen LogP contribution >= 0.6 is 0 Å². The topological polar surface area (TPSA) is 54.5 Å². The lowest BCUT2D eigenvalue weighted by molar-refractivity contribution is 0.0642. The monoisotopic (exact) mass is 309 g/mol. The molecule has 0 saturated heterocycles. The van der Waals surface area contributed by atoms with Gasteiger partial charge in [-0.05, 0) is 30.7 Å². The lowest BCUT2D eigenvalue weighted by Crippen LogP contribution is -2.29. The highest BCUT2D eigenvalue weighted by Crippen LogP contribution is 2.24. The van der Waals surface area contributed by atoms with Gasteiger partial charge in [0.25, 0.3) is 11.8 Å². The van der Waals surface area contributed by atoms with Gasteiger partial charge in [0.1, 0.15) is 0 Å². The largest absolute Gasteiger partial charge is 0.295 e. The quantitative estimate of drug-likeness (QED) is 0.641. The number of carbonyl (C=O) groups excluding carboxylic acids is 3. The number of hydrogen-bond donors (Lipinski definition) is 0. The molecule has 1 aliphatic heterocycles. The Bertz CT molecular complexity index is 730. The first-order valence-electron chi connectivity index (χ1n) is 7.63. The van der Waals surface area contributed by atoms with Crippen molar-refractivity contribution in [3.05, 3.63) is 70.8 Å². The Hall–Kier alpha value is -2.75. The zero-order chi connectivity index (χ0) is 17.0. The lowest BCUT2D eigenvalue weighted by atomic mass is 10.1. The summed E-state index contributed by atoms with van der Waals surface area (Å²) in [7, 11) is 0. The Morgan fingerprint density at radius 1 is 0.913 bits per heavy atom. The molecular weight excluding hydrogens is 290 g/mol. The van der Waals surface area contributed by atoms with Gasteiger partial charge in [-0.25, -0.2) is 0 Å². The molecule has 0 radical (unpaired) electrons. The van der Waals surface area contributed by atoms with Crippen molar-refractivity contribution >= 4 is 17.6 Å². The van der Waals surface area contributed by atoms with Crippen LogP contribution in [0.15, 0.2) is 48.5 Å². The minimum atomic E-state index is -0.288. The highest BCUT2D eigenvalue weighted by molar-refractivity contribution is 6.21. The summed E-state index contributed by atoms with van der Waals surface area (Å²) in [5, 5.41) is 0. The summed E-state index contributed by atoms with van der Waals surface area (Å²) < 4.78 is 0. The fourth-order valence-electron chi connectivity index (χ4n) is 2.45. The van der Waals surface area contributed by atoms with Gasteiger partial charge < -0.3 is 0 Å². The fraction of sp³-hybridized carbons (Fsp3) is 0.211. The molecule has 0 fully saturated rings. The normalized spacial score (nSPS) is 12.6. The Kier molecular flexibility index (Phi) is 5.06. The molecule has 0 unspecified atom stereocenters. The Morgan fingerprint density at radius 3 is 2.00 bits per heavy atom. The van der Waals surface area contributed by atoms with E-state index >= 15 is 0 Å². The van der Waals surface area contributed by atoms with Crippen LogP contribution in [0.4, 0.5) is 0 Å². The molecule has 2 aromatic carbocycles. The molecule has 3 rings (SSSR count). The minimum Gasteiger partial charge on any atom is -0.295 e. The summed E-state index contributed by atoms with van der Waals surface area (Å²) >= 11 is 0. The molecule has 0 saturated carbocycles. The number of rotatable bonds is 3. The summed E-state index contributed by atoms with van der Waals surface area (Å²) in [6.07, 6.45) is 0. The minimum absolute atomic E-state index is 0.0424. The van der Waals surface area contributed by atoms with Crippen molar-refractivity contribution in [3.63, 3.8) is 0 Å². The molecule has 0 aromatic heterocycles. The molecule has 118 valence electrons. The Labute approximate surface area is 135 Å². The second-order valence-corrected chi connectivity index (χ2v) is 5.00. The van der Waals surface area contributed by atoms with E-state index in [1.807, 2.05) is 13.8 Å². The van der Waals surface area contributed by atoms with Crippen LogP contribution in [0.3, 0.4) is 0 Å².